The predicted molar refractivity (Wildman–Crippen MR) is 79.5 cm³/mol. The summed E-state index contributed by atoms with van der Waals surface area (Å²) in [5.41, 5.74) is 3.09. The molecule has 2 rings (SSSR count). The number of nitrogens with one attached hydrogen (secondary N) is 2. The minimum Gasteiger partial charge on any atom is -0.272 e. The van der Waals surface area contributed by atoms with Crippen LogP contribution in [0.3, 0.4) is 0 Å². The Balaban J connectivity index is 2.04. The zero-order chi connectivity index (χ0) is 14.5. The Morgan fingerprint density at radius 1 is 1.55 bits per heavy atom. The largest absolute Gasteiger partial charge is 0.290 e. The van der Waals surface area contributed by atoms with Crippen molar-refractivity contribution in [2.45, 2.75) is 0 Å². The third-order valence-electron chi connectivity index (χ3n) is 2.28. The Morgan fingerprint density at radius 2 is 2.35 bits per heavy atom. The molecule has 1 amide bonds. The highest BCUT2D eigenvalue weighted by Gasteiger charge is 2.10. The van der Waals surface area contributed by atoms with E-state index in [-0.39, 0.29) is 5.69 Å². The van der Waals surface area contributed by atoms with E-state index in [0.29, 0.717) is 14.8 Å². The van der Waals surface area contributed by atoms with Crippen molar-refractivity contribution in [3.8, 4) is 0 Å². The highest BCUT2D eigenvalue weighted by atomic mass is 127. The summed E-state index contributed by atoms with van der Waals surface area (Å²) in [4.78, 5) is 21.8. The standard InChI is InChI=1S/C11H8IN5O3/c12-9-6-14-15-10(9)11(18)16-13-5-7-2-1-3-8(4-7)17(19)20/h1-6H,(H,14,15)(H,16,18)/b13-5-. The smallest absolute Gasteiger partial charge is 0.272 e. The van der Waals surface area contributed by atoms with Gasteiger partial charge in [-0.05, 0) is 22.6 Å². The molecule has 0 aliphatic heterocycles. The molecule has 0 saturated carbocycles. The lowest BCUT2D eigenvalue weighted by Gasteiger charge is -1.97. The molecule has 0 aliphatic carbocycles. The number of H-pyrrole nitrogens is 1. The number of benzene rings is 1. The molecule has 8 nitrogen and oxygen atoms in total. The second-order valence-corrected chi connectivity index (χ2v) is 4.81. The monoisotopic (exact) mass is 385 g/mol. The minimum absolute atomic E-state index is 0.0385. The van der Waals surface area contributed by atoms with E-state index in [1.54, 1.807) is 12.1 Å². The third kappa shape index (κ3) is 3.38. The van der Waals surface area contributed by atoms with Crippen molar-refractivity contribution in [2.75, 3.05) is 0 Å². The number of halogens is 1. The second-order valence-electron chi connectivity index (χ2n) is 3.64. The molecule has 2 aromatic rings. The lowest BCUT2D eigenvalue weighted by atomic mass is 10.2. The van der Waals surface area contributed by atoms with E-state index < -0.39 is 10.8 Å². The topological polar surface area (TPSA) is 113 Å². The van der Waals surface area contributed by atoms with E-state index in [9.17, 15) is 14.9 Å². The van der Waals surface area contributed by atoms with Crippen LogP contribution in [0.1, 0.15) is 16.1 Å². The summed E-state index contributed by atoms with van der Waals surface area (Å²) < 4.78 is 0.672. The van der Waals surface area contributed by atoms with Gasteiger partial charge in [0.25, 0.3) is 11.6 Å². The van der Waals surface area contributed by atoms with Gasteiger partial charge in [-0.15, -0.1) is 0 Å². The molecule has 1 heterocycles. The van der Waals surface area contributed by atoms with Crippen LogP contribution < -0.4 is 5.43 Å². The van der Waals surface area contributed by atoms with E-state index in [2.05, 4.69) is 20.7 Å². The van der Waals surface area contributed by atoms with Crippen molar-refractivity contribution in [1.82, 2.24) is 15.6 Å². The lowest BCUT2D eigenvalue weighted by molar-refractivity contribution is -0.384. The van der Waals surface area contributed by atoms with E-state index in [4.69, 9.17) is 0 Å². The fourth-order valence-electron chi connectivity index (χ4n) is 1.37. The number of carbonyl (C=O) groups excluding carboxylic acids is 1. The van der Waals surface area contributed by atoms with Crippen LogP contribution in [0.5, 0.6) is 0 Å². The first-order chi connectivity index (χ1) is 9.58. The molecule has 0 bridgehead atoms. The molecule has 0 atom stereocenters. The van der Waals surface area contributed by atoms with Crippen molar-refractivity contribution >= 4 is 40.4 Å². The van der Waals surface area contributed by atoms with Gasteiger partial charge in [0, 0.05) is 17.7 Å². The molecule has 1 aromatic carbocycles. The van der Waals surface area contributed by atoms with Gasteiger partial charge in [0.15, 0.2) is 0 Å². The summed E-state index contributed by atoms with van der Waals surface area (Å²) >= 11 is 1.96. The Morgan fingerprint density at radius 3 is 3.00 bits per heavy atom. The number of non-ortho nitro benzene ring substituents is 1. The number of aromatic nitrogens is 2. The van der Waals surface area contributed by atoms with Crippen molar-refractivity contribution in [3.05, 3.63) is 55.4 Å². The molecule has 0 unspecified atom stereocenters. The van der Waals surface area contributed by atoms with Crippen LogP contribution in [0.15, 0.2) is 35.6 Å². The van der Waals surface area contributed by atoms with Crippen LogP contribution in [-0.4, -0.2) is 27.2 Å². The zero-order valence-electron chi connectivity index (χ0n) is 9.91. The molecule has 0 aliphatic rings. The van der Waals surface area contributed by atoms with Gasteiger partial charge >= 0.3 is 0 Å². The number of hydrazone groups is 1. The predicted octanol–water partition coefficient (Wildman–Crippen LogP) is 1.69. The number of hydrogen-bond acceptors (Lipinski definition) is 5. The number of rotatable bonds is 4. The maximum absolute atomic E-state index is 11.7. The maximum atomic E-state index is 11.7. The summed E-state index contributed by atoms with van der Waals surface area (Å²) in [5, 5.41) is 20.6. The minimum atomic E-state index is -0.497. The van der Waals surface area contributed by atoms with Gasteiger partial charge in [-0.25, -0.2) is 5.43 Å². The quantitative estimate of drug-likeness (QED) is 0.361. The zero-order valence-corrected chi connectivity index (χ0v) is 12.1. The fourth-order valence-corrected chi connectivity index (χ4v) is 1.88. The Bertz CT molecular complexity index is 682. The number of nitro groups is 1. The van der Waals surface area contributed by atoms with Gasteiger partial charge in [-0.3, -0.25) is 20.0 Å². The van der Waals surface area contributed by atoms with Crippen LogP contribution in [0, 0.1) is 13.7 Å². The number of amides is 1. The summed E-state index contributed by atoms with van der Waals surface area (Å²) in [7, 11) is 0. The first-order valence-corrected chi connectivity index (χ1v) is 6.42. The first-order valence-electron chi connectivity index (χ1n) is 5.34. The molecule has 0 radical (unpaired) electrons. The average molecular weight is 385 g/mol. The van der Waals surface area contributed by atoms with Gasteiger partial charge in [0.1, 0.15) is 5.69 Å². The molecular formula is C11H8IN5O3. The van der Waals surface area contributed by atoms with Crippen molar-refractivity contribution in [2.24, 2.45) is 5.10 Å². The van der Waals surface area contributed by atoms with Crippen LogP contribution in [0.2, 0.25) is 0 Å². The molecule has 1 aromatic heterocycles. The molecule has 20 heavy (non-hydrogen) atoms. The van der Waals surface area contributed by atoms with Crippen LogP contribution in [0.25, 0.3) is 0 Å². The number of hydrogen-bond donors (Lipinski definition) is 2. The highest BCUT2D eigenvalue weighted by Crippen LogP contribution is 2.11. The maximum Gasteiger partial charge on any atom is 0.290 e. The molecule has 0 spiro atoms. The van der Waals surface area contributed by atoms with Crippen LogP contribution >= 0.6 is 22.6 Å². The number of carbonyl (C=O) groups is 1. The summed E-state index contributed by atoms with van der Waals surface area (Å²) in [6.07, 6.45) is 2.84. The molecule has 102 valence electrons. The normalized spacial score (nSPS) is 10.7. The van der Waals surface area contributed by atoms with E-state index in [0.717, 1.165) is 0 Å². The van der Waals surface area contributed by atoms with Crippen molar-refractivity contribution in [1.29, 1.82) is 0 Å². The molecule has 9 heteroatoms. The number of nitrogens with zero attached hydrogens (tertiary/aromatic N) is 3. The van der Waals surface area contributed by atoms with Crippen LogP contribution in [-0.2, 0) is 0 Å². The van der Waals surface area contributed by atoms with E-state index >= 15 is 0 Å². The summed E-state index contributed by atoms with van der Waals surface area (Å²) in [6, 6.07) is 5.92. The van der Waals surface area contributed by atoms with Gasteiger partial charge in [-0.1, -0.05) is 12.1 Å². The van der Waals surface area contributed by atoms with Crippen LogP contribution in [0.4, 0.5) is 5.69 Å². The van der Waals surface area contributed by atoms with E-state index in [1.165, 1.54) is 24.5 Å². The number of aromatic amines is 1. The summed E-state index contributed by atoms with van der Waals surface area (Å²) in [6.45, 7) is 0. The van der Waals surface area contributed by atoms with Crippen molar-refractivity contribution < 1.29 is 9.72 Å². The Kier molecular flexibility index (Phi) is 4.40. The first kappa shape index (κ1) is 14.1. The van der Waals surface area contributed by atoms with Gasteiger partial charge in [0.05, 0.1) is 20.9 Å². The van der Waals surface area contributed by atoms with Crippen molar-refractivity contribution in [3.63, 3.8) is 0 Å². The second kappa shape index (κ2) is 6.23. The SMILES string of the molecule is O=C(N/N=C\c1cccc([N+](=O)[O-])c1)c1[nH]ncc1I. The van der Waals surface area contributed by atoms with Gasteiger partial charge in [0.2, 0.25) is 0 Å². The highest BCUT2D eigenvalue weighted by molar-refractivity contribution is 14.1. The molecule has 0 saturated heterocycles. The fraction of sp³-hybridized carbons (Fsp3) is 0. The van der Waals surface area contributed by atoms with E-state index in [1.807, 2.05) is 22.6 Å². The molecule has 2 N–H and O–H groups in total. The number of nitro benzene ring substituents is 1. The Labute approximate surface area is 126 Å². The summed E-state index contributed by atoms with van der Waals surface area (Å²) in [5.74, 6) is -0.436. The average Bonchev–Trinajstić information content (AvgIpc) is 2.85. The van der Waals surface area contributed by atoms with Gasteiger partial charge < -0.3 is 0 Å². The lowest BCUT2D eigenvalue weighted by Crippen LogP contribution is -2.19. The molecular weight excluding hydrogens is 377 g/mol. The van der Waals surface area contributed by atoms with Gasteiger partial charge in [-0.2, -0.15) is 10.2 Å². The third-order valence-corrected chi connectivity index (χ3v) is 3.10. The Hall–Kier alpha value is -2.30. The molecule has 0 fully saturated rings.